The lowest BCUT2D eigenvalue weighted by atomic mass is 10.1. The quantitative estimate of drug-likeness (QED) is 0.821. The average Bonchev–Trinajstić information content (AvgIpc) is 2.38. The highest BCUT2D eigenvalue weighted by molar-refractivity contribution is 7.71. The van der Waals surface area contributed by atoms with Crippen LogP contribution in [0.4, 0.5) is 0 Å². The summed E-state index contributed by atoms with van der Waals surface area (Å²) in [5.41, 5.74) is 2.49. The van der Waals surface area contributed by atoms with Gasteiger partial charge in [-0.15, -0.1) is 0 Å². The van der Waals surface area contributed by atoms with Crippen LogP contribution in [0, 0.1) is 16.0 Å². The Morgan fingerprint density at radius 3 is 2.94 bits per heavy atom. The van der Waals surface area contributed by atoms with E-state index in [4.69, 9.17) is 17.5 Å². The van der Waals surface area contributed by atoms with Crippen molar-refractivity contribution in [2.75, 3.05) is 0 Å². The van der Waals surface area contributed by atoms with Gasteiger partial charge in [0.15, 0.2) is 0 Å². The molecule has 2 aromatic rings. The number of aromatic amines is 1. The zero-order chi connectivity index (χ0) is 12.3. The van der Waals surface area contributed by atoms with Crippen molar-refractivity contribution in [3.63, 3.8) is 0 Å². The fourth-order valence-corrected chi connectivity index (χ4v) is 1.82. The van der Waals surface area contributed by atoms with Crippen LogP contribution in [-0.2, 0) is 6.42 Å². The zero-order valence-electron chi connectivity index (χ0n) is 9.40. The van der Waals surface area contributed by atoms with E-state index in [0.717, 1.165) is 23.5 Å². The Morgan fingerprint density at radius 2 is 2.24 bits per heavy atom. The second-order valence-electron chi connectivity index (χ2n) is 3.63. The van der Waals surface area contributed by atoms with Crippen LogP contribution < -0.4 is 0 Å². The number of nitrogens with one attached hydrogen (secondary N) is 1. The van der Waals surface area contributed by atoms with Gasteiger partial charge < -0.3 is 4.98 Å². The van der Waals surface area contributed by atoms with E-state index in [1.54, 1.807) is 6.07 Å². The van der Waals surface area contributed by atoms with Crippen LogP contribution in [0.2, 0.25) is 0 Å². The minimum Gasteiger partial charge on any atom is -0.343 e. The molecule has 0 aliphatic carbocycles. The van der Waals surface area contributed by atoms with Crippen LogP contribution in [0.15, 0.2) is 30.3 Å². The number of aryl methyl sites for hydroxylation is 1. The molecule has 0 fully saturated rings. The molecule has 17 heavy (non-hydrogen) atoms. The molecule has 0 atom stereocenters. The van der Waals surface area contributed by atoms with Crippen molar-refractivity contribution in [1.29, 1.82) is 5.26 Å². The summed E-state index contributed by atoms with van der Waals surface area (Å²) < 4.78 is 0.568. The molecule has 0 aliphatic rings. The van der Waals surface area contributed by atoms with Crippen LogP contribution in [-0.4, -0.2) is 9.97 Å². The maximum absolute atomic E-state index is 8.87. The highest BCUT2D eigenvalue weighted by atomic mass is 32.1. The van der Waals surface area contributed by atoms with Crippen molar-refractivity contribution < 1.29 is 0 Å². The molecule has 0 bridgehead atoms. The number of hydrogen-bond donors (Lipinski definition) is 1. The van der Waals surface area contributed by atoms with E-state index in [0.29, 0.717) is 10.2 Å². The zero-order valence-corrected chi connectivity index (χ0v) is 10.2. The highest BCUT2D eigenvalue weighted by Gasteiger charge is 2.01. The van der Waals surface area contributed by atoms with Gasteiger partial charge in [-0.25, -0.2) is 4.98 Å². The average molecular weight is 241 g/mol. The largest absolute Gasteiger partial charge is 0.343 e. The third-order valence-electron chi connectivity index (χ3n) is 2.43. The number of benzene rings is 1. The van der Waals surface area contributed by atoms with Gasteiger partial charge in [-0.3, -0.25) is 0 Å². The van der Waals surface area contributed by atoms with Crippen molar-refractivity contribution in [2.45, 2.75) is 13.3 Å². The summed E-state index contributed by atoms with van der Waals surface area (Å²) >= 11 is 5.12. The molecule has 0 amide bonds. The molecular weight excluding hydrogens is 230 g/mol. The fraction of sp³-hybridized carbons (Fsp3) is 0.154. The Balaban J connectivity index is 2.56. The van der Waals surface area contributed by atoms with Gasteiger partial charge in [0, 0.05) is 12.1 Å². The maximum Gasteiger partial charge on any atom is 0.130 e. The smallest absolute Gasteiger partial charge is 0.130 e. The van der Waals surface area contributed by atoms with Crippen LogP contribution >= 0.6 is 12.2 Å². The van der Waals surface area contributed by atoms with Crippen LogP contribution in [0.5, 0.6) is 0 Å². The third-order valence-corrected chi connectivity index (χ3v) is 2.64. The van der Waals surface area contributed by atoms with E-state index in [1.165, 1.54) is 0 Å². The Kier molecular flexibility index (Phi) is 3.31. The topological polar surface area (TPSA) is 52.5 Å². The van der Waals surface area contributed by atoms with E-state index < -0.39 is 0 Å². The monoisotopic (exact) mass is 241 g/mol. The second-order valence-corrected chi connectivity index (χ2v) is 4.04. The molecule has 2 rings (SSSR count). The van der Waals surface area contributed by atoms with Gasteiger partial charge in [0.25, 0.3) is 0 Å². The first kappa shape index (κ1) is 11.5. The molecule has 0 spiro atoms. The molecule has 84 valence electrons. The lowest BCUT2D eigenvalue weighted by Gasteiger charge is -2.04. The van der Waals surface area contributed by atoms with Crippen molar-refractivity contribution in [2.24, 2.45) is 0 Å². The number of hydrogen-bond acceptors (Lipinski definition) is 3. The van der Waals surface area contributed by atoms with Gasteiger partial charge >= 0.3 is 0 Å². The van der Waals surface area contributed by atoms with E-state index >= 15 is 0 Å². The third kappa shape index (κ3) is 2.58. The van der Waals surface area contributed by atoms with Crippen LogP contribution in [0.3, 0.4) is 0 Å². The maximum atomic E-state index is 8.87. The lowest BCUT2D eigenvalue weighted by Crippen LogP contribution is -1.95. The standard InChI is InChI=1S/C13H11N3S/c1-2-12-15-11(7-13(17)16-12)10-5-3-4-9(6-10)8-14/h3-7H,2H2,1H3,(H,15,16,17). The first-order valence-corrected chi connectivity index (χ1v) is 5.74. The molecule has 0 saturated carbocycles. The van der Waals surface area contributed by atoms with Gasteiger partial charge in [-0.2, -0.15) is 5.26 Å². The Hall–Kier alpha value is -1.99. The highest BCUT2D eigenvalue weighted by Crippen LogP contribution is 2.18. The summed E-state index contributed by atoms with van der Waals surface area (Å²) in [7, 11) is 0. The molecule has 1 N–H and O–H groups in total. The molecule has 1 aromatic heterocycles. The van der Waals surface area contributed by atoms with Gasteiger partial charge in [-0.1, -0.05) is 31.3 Å². The summed E-state index contributed by atoms with van der Waals surface area (Å²) in [5, 5.41) is 8.87. The molecule has 0 radical (unpaired) electrons. The number of nitriles is 1. The van der Waals surface area contributed by atoms with Crippen molar-refractivity contribution in [3.8, 4) is 17.3 Å². The fourth-order valence-electron chi connectivity index (χ4n) is 1.59. The molecule has 1 heterocycles. The van der Waals surface area contributed by atoms with E-state index in [9.17, 15) is 0 Å². The van der Waals surface area contributed by atoms with Crippen molar-refractivity contribution in [3.05, 3.63) is 46.4 Å². The van der Waals surface area contributed by atoms with Crippen LogP contribution in [0.1, 0.15) is 18.3 Å². The van der Waals surface area contributed by atoms with Gasteiger partial charge in [0.2, 0.25) is 0 Å². The molecule has 1 aromatic carbocycles. The van der Waals surface area contributed by atoms with Gasteiger partial charge in [-0.05, 0) is 23.8 Å². The summed E-state index contributed by atoms with van der Waals surface area (Å²) in [6.45, 7) is 2.02. The van der Waals surface area contributed by atoms with E-state index in [-0.39, 0.29) is 0 Å². The minimum atomic E-state index is 0.568. The van der Waals surface area contributed by atoms with Gasteiger partial charge in [0.05, 0.1) is 11.6 Å². The SMILES string of the molecule is CCc1nc(=S)cc(-c2cccc(C#N)c2)[nH]1. The summed E-state index contributed by atoms with van der Waals surface area (Å²) in [4.78, 5) is 7.43. The number of nitrogens with zero attached hydrogens (tertiary/aromatic N) is 2. The predicted molar refractivity (Wildman–Crippen MR) is 69.0 cm³/mol. The molecule has 4 heteroatoms. The molecule has 0 saturated heterocycles. The normalized spacial score (nSPS) is 9.88. The Bertz CT molecular complexity index is 638. The predicted octanol–water partition coefficient (Wildman–Crippen LogP) is 3.24. The summed E-state index contributed by atoms with van der Waals surface area (Å²) in [6.07, 6.45) is 0.801. The summed E-state index contributed by atoms with van der Waals surface area (Å²) in [6, 6.07) is 11.3. The summed E-state index contributed by atoms with van der Waals surface area (Å²) in [5.74, 6) is 0.856. The second kappa shape index (κ2) is 4.89. The lowest BCUT2D eigenvalue weighted by molar-refractivity contribution is 0.936. The van der Waals surface area contributed by atoms with Crippen LogP contribution in [0.25, 0.3) is 11.3 Å². The molecule has 0 unspecified atom stereocenters. The number of H-pyrrole nitrogens is 1. The Labute approximate surface area is 105 Å². The first-order valence-electron chi connectivity index (χ1n) is 5.33. The Morgan fingerprint density at radius 1 is 1.41 bits per heavy atom. The van der Waals surface area contributed by atoms with Crippen molar-refractivity contribution in [1.82, 2.24) is 9.97 Å². The molecule has 0 aliphatic heterocycles. The molecule has 3 nitrogen and oxygen atoms in total. The van der Waals surface area contributed by atoms with E-state index in [2.05, 4.69) is 16.0 Å². The van der Waals surface area contributed by atoms with Crippen molar-refractivity contribution >= 4 is 12.2 Å². The van der Waals surface area contributed by atoms with Gasteiger partial charge in [0.1, 0.15) is 10.5 Å². The van der Waals surface area contributed by atoms with E-state index in [1.807, 2.05) is 31.2 Å². The minimum absolute atomic E-state index is 0.568. The first-order chi connectivity index (χ1) is 8.22. The number of rotatable bonds is 2. The number of aromatic nitrogens is 2. The molecular formula is C13H11N3S.